The fraction of sp³-hybridized carbons (Fsp3) is 0.684. The van der Waals surface area contributed by atoms with E-state index in [2.05, 4.69) is 36.1 Å². The smallest absolute Gasteiger partial charge is 0.377 e. The van der Waals surface area contributed by atoms with Crippen LogP contribution in [-0.2, 0) is 26.6 Å². The van der Waals surface area contributed by atoms with Gasteiger partial charge in [0.05, 0.1) is 0 Å². The third kappa shape index (κ3) is 7.23. The summed E-state index contributed by atoms with van der Waals surface area (Å²) in [5.41, 5.74) is 1.19. The molecule has 9 heteroatoms. The molecule has 1 rings (SSSR count). The highest BCUT2D eigenvalue weighted by Gasteiger charge is 2.40. The summed E-state index contributed by atoms with van der Waals surface area (Å²) in [6.45, 7) is 3.95. The maximum absolute atomic E-state index is 5.60. The van der Waals surface area contributed by atoms with Gasteiger partial charge in [-0.3, -0.25) is 0 Å². The highest BCUT2D eigenvalue weighted by molar-refractivity contribution is 6.60. The van der Waals surface area contributed by atoms with E-state index in [4.69, 9.17) is 26.6 Å². The molecule has 0 bridgehead atoms. The first-order valence-electron chi connectivity index (χ1n) is 9.54. The minimum absolute atomic E-state index is 0.334. The zero-order valence-corrected chi connectivity index (χ0v) is 20.4. The first-order chi connectivity index (χ1) is 13.4. The summed E-state index contributed by atoms with van der Waals surface area (Å²) in [4.78, 5) is 2.38. The Bertz CT molecular complexity index is 512. The predicted octanol–water partition coefficient (Wildman–Crippen LogP) is 3.28. The molecule has 162 valence electrons. The molecule has 0 aromatic heterocycles. The molecule has 1 atom stereocenters. The van der Waals surface area contributed by atoms with Crippen molar-refractivity contribution in [3.63, 3.8) is 0 Å². The fourth-order valence-electron chi connectivity index (χ4n) is 3.37. The molecule has 28 heavy (non-hydrogen) atoms. The van der Waals surface area contributed by atoms with Gasteiger partial charge in [-0.2, -0.15) is 0 Å². The van der Waals surface area contributed by atoms with E-state index in [0.29, 0.717) is 5.92 Å². The Kier molecular flexibility index (Phi) is 11.5. The van der Waals surface area contributed by atoms with E-state index in [9.17, 15) is 0 Å². The van der Waals surface area contributed by atoms with Gasteiger partial charge in [0.25, 0.3) is 0 Å². The molecule has 0 N–H and O–H groups in total. The number of anilines is 1. The minimum atomic E-state index is -2.61. The van der Waals surface area contributed by atoms with Gasteiger partial charge in [0.2, 0.25) is 0 Å². The van der Waals surface area contributed by atoms with Crippen molar-refractivity contribution in [2.75, 3.05) is 60.6 Å². The number of para-hydroxylation sites is 1. The fourth-order valence-corrected chi connectivity index (χ4v) is 7.06. The monoisotopic (exact) mass is 431 g/mol. The lowest BCUT2D eigenvalue weighted by atomic mass is 10.1. The molecule has 0 spiro atoms. The Labute approximate surface area is 172 Å². The Balaban J connectivity index is 2.81. The van der Waals surface area contributed by atoms with E-state index in [1.165, 1.54) is 5.69 Å². The molecule has 0 saturated heterocycles. The van der Waals surface area contributed by atoms with Gasteiger partial charge in [0, 0.05) is 73.5 Å². The normalized spacial score (nSPS) is 13.5. The van der Waals surface area contributed by atoms with E-state index in [1.807, 2.05) is 6.07 Å². The van der Waals surface area contributed by atoms with Gasteiger partial charge >= 0.3 is 17.6 Å². The molecule has 0 radical (unpaired) electrons. The van der Waals surface area contributed by atoms with Crippen LogP contribution in [-0.4, -0.2) is 73.4 Å². The lowest BCUT2D eigenvalue weighted by Crippen LogP contribution is -2.46. The summed E-state index contributed by atoms with van der Waals surface area (Å²) < 4.78 is 33.4. The van der Waals surface area contributed by atoms with Crippen LogP contribution in [0.5, 0.6) is 0 Å². The molecule has 0 aliphatic heterocycles. The van der Waals surface area contributed by atoms with Crippen LogP contribution < -0.4 is 4.90 Å². The van der Waals surface area contributed by atoms with Crippen LogP contribution >= 0.6 is 0 Å². The molecule has 0 saturated carbocycles. The minimum Gasteiger partial charge on any atom is -0.377 e. The molecule has 0 fully saturated rings. The van der Waals surface area contributed by atoms with Crippen molar-refractivity contribution in [3.05, 3.63) is 30.3 Å². The van der Waals surface area contributed by atoms with Gasteiger partial charge in [0.1, 0.15) is 0 Å². The van der Waals surface area contributed by atoms with E-state index in [1.54, 1.807) is 42.7 Å². The zero-order chi connectivity index (χ0) is 21.0. The summed E-state index contributed by atoms with van der Waals surface area (Å²) in [6, 6.07) is 11.9. The van der Waals surface area contributed by atoms with Crippen LogP contribution in [0.3, 0.4) is 0 Å². The van der Waals surface area contributed by atoms with Gasteiger partial charge in [-0.25, -0.2) is 0 Å². The SMILES string of the molecule is CO[Si](CCCN(CC(C)C[Si](OC)(OC)OC)c1ccccc1)(OC)OC. The number of hydrogen-bond acceptors (Lipinski definition) is 7. The van der Waals surface area contributed by atoms with Crippen LogP contribution in [0, 0.1) is 5.92 Å². The first-order valence-corrected chi connectivity index (χ1v) is 13.4. The molecule has 0 heterocycles. The molecule has 0 amide bonds. The Hall–Kier alpha value is -0.786. The van der Waals surface area contributed by atoms with E-state index < -0.39 is 17.6 Å². The quantitative estimate of drug-likeness (QED) is 0.395. The van der Waals surface area contributed by atoms with Gasteiger partial charge in [-0.15, -0.1) is 0 Å². The third-order valence-corrected chi connectivity index (χ3v) is 10.9. The lowest BCUT2D eigenvalue weighted by molar-refractivity contribution is 0.119. The first kappa shape index (κ1) is 25.3. The maximum Gasteiger partial charge on any atom is 0.500 e. The highest BCUT2D eigenvalue weighted by Crippen LogP contribution is 2.24. The summed E-state index contributed by atoms with van der Waals surface area (Å²) >= 11 is 0. The molecule has 1 unspecified atom stereocenters. The van der Waals surface area contributed by atoms with Crippen molar-refractivity contribution in [2.24, 2.45) is 5.92 Å². The van der Waals surface area contributed by atoms with Gasteiger partial charge in [0.15, 0.2) is 0 Å². The van der Waals surface area contributed by atoms with Gasteiger partial charge in [-0.05, 0) is 24.5 Å². The number of nitrogens with zero attached hydrogens (tertiary/aromatic N) is 1. The van der Waals surface area contributed by atoms with E-state index >= 15 is 0 Å². The van der Waals surface area contributed by atoms with Crippen molar-refractivity contribution in [1.82, 2.24) is 0 Å². The van der Waals surface area contributed by atoms with Gasteiger partial charge in [-0.1, -0.05) is 25.1 Å². The summed E-state index contributed by atoms with van der Waals surface area (Å²) in [6.07, 6.45) is 0.908. The topological polar surface area (TPSA) is 58.6 Å². The standard InChI is InChI=1S/C19H37NO6Si2/c1-18(17-28(24-5,25-6)26-7)16-20(19-12-9-8-10-13-19)14-11-15-27(21-2,22-3)23-4/h8-10,12-13,18H,11,14-17H2,1-7H3. The van der Waals surface area contributed by atoms with E-state index in [-0.39, 0.29) is 0 Å². The largest absolute Gasteiger partial charge is 0.500 e. The summed E-state index contributed by atoms with van der Waals surface area (Å²) in [5, 5.41) is 0. The average molecular weight is 432 g/mol. The number of rotatable bonds is 15. The predicted molar refractivity (Wildman–Crippen MR) is 116 cm³/mol. The number of hydrogen-bond donors (Lipinski definition) is 0. The van der Waals surface area contributed by atoms with Crippen molar-refractivity contribution in [1.29, 1.82) is 0 Å². The molecular formula is C19H37NO6Si2. The zero-order valence-electron chi connectivity index (χ0n) is 18.4. The average Bonchev–Trinajstić information content (AvgIpc) is 2.75. The highest BCUT2D eigenvalue weighted by atomic mass is 28.4. The van der Waals surface area contributed by atoms with Crippen molar-refractivity contribution in [3.8, 4) is 0 Å². The molecular weight excluding hydrogens is 394 g/mol. The van der Waals surface area contributed by atoms with Gasteiger partial charge < -0.3 is 31.5 Å². The molecule has 0 aliphatic carbocycles. The molecule has 0 aliphatic rings. The lowest BCUT2D eigenvalue weighted by Gasteiger charge is -2.32. The van der Waals surface area contributed by atoms with Crippen LogP contribution in [0.15, 0.2) is 30.3 Å². The van der Waals surface area contributed by atoms with Crippen LogP contribution in [0.2, 0.25) is 12.1 Å². The van der Waals surface area contributed by atoms with Crippen molar-refractivity contribution < 1.29 is 26.6 Å². The van der Waals surface area contributed by atoms with E-state index in [0.717, 1.165) is 31.6 Å². The Morgan fingerprint density at radius 3 is 1.75 bits per heavy atom. The Morgan fingerprint density at radius 1 is 0.786 bits per heavy atom. The summed E-state index contributed by atoms with van der Waals surface area (Å²) in [5.74, 6) is 0.334. The molecule has 7 nitrogen and oxygen atoms in total. The van der Waals surface area contributed by atoms with Crippen molar-refractivity contribution >= 4 is 23.3 Å². The van der Waals surface area contributed by atoms with Crippen LogP contribution in [0.4, 0.5) is 5.69 Å². The maximum atomic E-state index is 5.60. The summed E-state index contributed by atoms with van der Waals surface area (Å²) in [7, 11) is 4.77. The molecule has 1 aromatic carbocycles. The van der Waals surface area contributed by atoms with Crippen molar-refractivity contribution in [2.45, 2.75) is 25.4 Å². The Morgan fingerprint density at radius 2 is 1.29 bits per heavy atom. The van der Waals surface area contributed by atoms with Crippen LogP contribution in [0.25, 0.3) is 0 Å². The second kappa shape index (κ2) is 12.7. The molecule has 1 aromatic rings. The second-order valence-corrected chi connectivity index (χ2v) is 12.9. The number of benzene rings is 1. The second-order valence-electron chi connectivity index (χ2n) is 6.79. The third-order valence-electron chi connectivity index (χ3n) is 5.03. The van der Waals surface area contributed by atoms with Crippen LogP contribution in [0.1, 0.15) is 13.3 Å².